The van der Waals surface area contributed by atoms with Gasteiger partial charge < -0.3 is 4.74 Å². The van der Waals surface area contributed by atoms with E-state index in [1.807, 2.05) is 0 Å². The Balaban J connectivity index is 3.07. The average molecular weight is 302 g/mol. The van der Waals surface area contributed by atoms with Gasteiger partial charge in [0.1, 0.15) is 5.75 Å². The van der Waals surface area contributed by atoms with Crippen molar-refractivity contribution in [2.45, 2.75) is 64.5 Å². The lowest BCUT2D eigenvalue weighted by Crippen LogP contribution is -2.09. The van der Waals surface area contributed by atoms with E-state index in [0.717, 1.165) is 44.1 Å². The van der Waals surface area contributed by atoms with Gasteiger partial charge in [0.05, 0.1) is 12.7 Å². The molecule has 0 aromatic heterocycles. The Bertz CT molecular complexity index is 419. The second-order valence-electron chi connectivity index (χ2n) is 5.44. The zero-order valence-corrected chi connectivity index (χ0v) is 13.1. The highest BCUT2D eigenvalue weighted by molar-refractivity contribution is 5.40. The summed E-state index contributed by atoms with van der Waals surface area (Å²) in [6.45, 7) is 4.21. The van der Waals surface area contributed by atoms with Gasteiger partial charge in [0.2, 0.25) is 0 Å². The van der Waals surface area contributed by atoms with Gasteiger partial charge >= 0.3 is 6.18 Å². The van der Waals surface area contributed by atoms with E-state index in [2.05, 4.69) is 13.8 Å². The lowest BCUT2D eigenvalue weighted by molar-refractivity contribution is -0.138. The number of methoxy groups -OCH3 is 1. The molecule has 0 fully saturated rings. The van der Waals surface area contributed by atoms with Crippen LogP contribution in [0.3, 0.4) is 0 Å². The maximum absolute atomic E-state index is 13.1. The minimum Gasteiger partial charge on any atom is -0.496 e. The molecule has 0 spiro atoms. The standard InChI is InChI=1S/C17H25F3O/c1-4-6-8-13(9-7-5-2)14-10-11-16(21-3)15(12-14)17(18,19)20/h10-13H,4-9H2,1-3H3. The number of rotatable bonds is 8. The van der Waals surface area contributed by atoms with Gasteiger partial charge in [-0.1, -0.05) is 45.6 Å². The summed E-state index contributed by atoms with van der Waals surface area (Å²) in [4.78, 5) is 0. The molecule has 1 aromatic carbocycles. The minimum absolute atomic E-state index is 0.101. The van der Waals surface area contributed by atoms with Crippen LogP contribution in [0.15, 0.2) is 18.2 Å². The van der Waals surface area contributed by atoms with Crippen LogP contribution in [0.5, 0.6) is 5.75 Å². The predicted molar refractivity (Wildman–Crippen MR) is 79.8 cm³/mol. The zero-order valence-electron chi connectivity index (χ0n) is 13.1. The zero-order chi connectivity index (χ0) is 15.9. The minimum atomic E-state index is -4.37. The Hall–Kier alpha value is -1.19. The van der Waals surface area contributed by atoms with Crippen LogP contribution in [0, 0.1) is 0 Å². The van der Waals surface area contributed by atoms with Crippen molar-refractivity contribution in [1.82, 2.24) is 0 Å². The van der Waals surface area contributed by atoms with Crippen molar-refractivity contribution in [3.8, 4) is 5.75 Å². The number of ether oxygens (including phenoxy) is 1. The summed E-state index contributed by atoms with van der Waals surface area (Å²) in [7, 11) is 1.27. The van der Waals surface area contributed by atoms with Crippen molar-refractivity contribution in [2.75, 3.05) is 7.11 Å². The van der Waals surface area contributed by atoms with Crippen LogP contribution in [-0.4, -0.2) is 7.11 Å². The molecule has 0 heterocycles. The first-order chi connectivity index (χ1) is 9.93. The quantitative estimate of drug-likeness (QED) is 0.557. The highest BCUT2D eigenvalue weighted by Gasteiger charge is 2.35. The Morgan fingerprint density at radius 2 is 1.62 bits per heavy atom. The van der Waals surface area contributed by atoms with Gasteiger partial charge in [-0.15, -0.1) is 0 Å². The summed E-state index contributed by atoms with van der Waals surface area (Å²) < 4.78 is 44.2. The predicted octanol–water partition coefficient (Wildman–Crippen LogP) is 6.18. The van der Waals surface area contributed by atoms with Crippen LogP contribution in [0.1, 0.15) is 69.4 Å². The summed E-state index contributed by atoms with van der Waals surface area (Å²) in [5.41, 5.74) is 0.116. The molecule has 0 aliphatic rings. The van der Waals surface area contributed by atoms with E-state index < -0.39 is 11.7 Å². The molecule has 1 rings (SSSR count). The van der Waals surface area contributed by atoms with Gasteiger partial charge in [0, 0.05) is 0 Å². The maximum atomic E-state index is 13.1. The molecule has 0 aliphatic carbocycles. The number of hydrogen-bond donors (Lipinski definition) is 0. The molecule has 0 saturated carbocycles. The largest absolute Gasteiger partial charge is 0.496 e. The van der Waals surface area contributed by atoms with Crippen LogP contribution in [0.25, 0.3) is 0 Å². The molecule has 0 amide bonds. The van der Waals surface area contributed by atoms with Gasteiger partial charge in [0.15, 0.2) is 0 Å². The molecule has 0 atom stereocenters. The van der Waals surface area contributed by atoms with Crippen LogP contribution < -0.4 is 4.74 Å². The average Bonchev–Trinajstić information content (AvgIpc) is 2.46. The molecule has 0 bridgehead atoms. The van der Waals surface area contributed by atoms with Crippen molar-refractivity contribution in [1.29, 1.82) is 0 Å². The van der Waals surface area contributed by atoms with E-state index >= 15 is 0 Å². The van der Waals surface area contributed by atoms with E-state index in [4.69, 9.17) is 4.74 Å². The number of unbranched alkanes of at least 4 members (excludes halogenated alkanes) is 2. The first-order valence-corrected chi connectivity index (χ1v) is 7.69. The Morgan fingerprint density at radius 3 is 2.05 bits per heavy atom. The monoisotopic (exact) mass is 302 g/mol. The second-order valence-corrected chi connectivity index (χ2v) is 5.44. The SMILES string of the molecule is CCCCC(CCCC)c1ccc(OC)c(C(F)(F)F)c1. The topological polar surface area (TPSA) is 9.23 Å². The summed E-state index contributed by atoms with van der Waals surface area (Å²) >= 11 is 0. The van der Waals surface area contributed by atoms with Crippen molar-refractivity contribution < 1.29 is 17.9 Å². The number of benzene rings is 1. The maximum Gasteiger partial charge on any atom is 0.419 e. The third kappa shape index (κ3) is 5.25. The van der Waals surface area contributed by atoms with E-state index in [9.17, 15) is 13.2 Å². The van der Waals surface area contributed by atoms with Gasteiger partial charge in [-0.25, -0.2) is 0 Å². The van der Waals surface area contributed by atoms with E-state index in [0.29, 0.717) is 0 Å². The van der Waals surface area contributed by atoms with Gasteiger partial charge in [-0.05, 0) is 36.5 Å². The summed E-state index contributed by atoms with van der Waals surface area (Å²) in [5, 5.41) is 0. The van der Waals surface area contributed by atoms with Crippen LogP contribution in [0.4, 0.5) is 13.2 Å². The highest BCUT2D eigenvalue weighted by atomic mass is 19.4. The second kappa shape index (κ2) is 8.30. The molecule has 0 aliphatic heterocycles. The molecule has 0 saturated heterocycles. The van der Waals surface area contributed by atoms with Crippen molar-refractivity contribution >= 4 is 0 Å². The third-order valence-electron chi connectivity index (χ3n) is 3.81. The third-order valence-corrected chi connectivity index (χ3v) is 3.81. The summed E-state index contributed by atoms with van der Waals surface area (Å²) in [6.07, 6.45) is 1.72. The summed E-state index contributed by atoms with van der Waals surface area (Å²) in [5.74, 6) is 0.105. The number of halogens is 3. The molecule has 0 radical (unpaired) electrons. The van der Waals surface area contributed by atoms with Gasteiger partial charge in [-0.3, -0.25) is 0 Å². The normalized spacial score (nSPS) is 12.0. The Morgan fingerprint density at radius 1 is 1.05 bits per heavy atom. The van der Waals surface area contributed by atoms with Gasteiger partial charge in [0.25, 0.3) is 0 Å². The molecule has 21 heavy (non-hydrogen) atoms. The van der Waals surface area contributed by atoms with E-state index in [1.165, 1.54) is 19.2 Å². The molecule has 0 unspecified atom stereocenters. The lowest BCUT2D eigenvalue weighted by atomic mass is 9.88. The first-order valence-electron chi connectivity index (χ1n) is 7.69. The first kappa shape index (κ1) is 17.9. The van der Waals surface area contributed by atoms with Crippen LogP contribution in [0.2, 0.25) is 0 Å². The molecular formula is C17H25F3O. The number of alkyl halides is 3. The van der Waals surface area contributed by atoms with Crippen molar-refractivity contribution in [3.63, 3.8) is 0 Å². The molecule has 1 nitrogen and oxygen atoms in total. The smallest absolute Gasteiger partial charge is 0.419 e. The van der Waals surface area contributed by atoms with E-state index in [1.54, 1.807) is 6.07 Å². The highest BCUT2D eigenvalue weighted by Crippen LogP contribution is 2.39. The fourth-order valence-corrected chi connectivity index (χ4v) is 2.58. The molecule has 0 N–H and O–H groups in total. The Labute approximate surface area is 125 Å². The summed E-state index contributed by atoms with van der Waals surface area (Å²) in [6, 6.07) is 4.50. The Kier molecular flexibility index (Phi) is 7.06. The molecular weight excluding hydrogens is 277 g/mol. The molecule has 120 valence electrons. The van der Waals surface area contributed by atoms with Crippen molar-refractivity contribution in [3.05, 3.63) is 29.3 Å². The van der Waals surface area contributed by atoms with Crippen molar-refractivity contribution in [2.24, 2.45) is 0 Å². The number of hydrogen-bond acceptors (Lipinski definition) is 1. The van der Waals surface area contributed by atoms with E-state index in [-0.39, 0.29) is 11.7 Å². The molecule has 1 aromatic rings. The van der Waals surface area contributed by atoms with Crippen LogP contribution in [-0.2, 0) is 6.18 Å². The van der Waals surface area contributed by atoms with Crippen LogP contribution >= 0.6 is 0 Å². The fourth-order valence-electron chi connectivity index (χ4n) is 2.58. The molecule has 4 heteroatoms. The van der Waals surface area contributed by atoms with Gasteiger partial charge in [-0.2, -0.15) is 13.2 Å². The fraction of sp³-hybridized carbons (Fsp3) is 0.647. The lowest BCUT2D eigenvalue weighted by Gasteiger charge is -2.20.